The van der Waals surface area contributed by atoms with E-state index >= 15 is 0 Å². The van der Waals surface area contributed by atoms with E-state index in [2.05, 4.69) is 5.32 Å². The van der Waals surface area contributed by atoms with Gasteiger partial charge in [0.1, 0.15) is 5.75 Å². The van der Waals surface area contributed by atoms with Crippen molar-refractivity contribution < 1.29 is 14.6 Å². The van der Waals surface area contributed by atoms with Crippen LogP contribution in [-0.4, -0.2) is 42.8 Å². The molecule has 0 aromatic heterocycles. The number of nitrogens with one attached hydrogen (secondary N) is 1. The minimum Gasteiger partial charge on any atom is -0.497 e. The first kappa shape index (κ1) is 16.6. The first-order valence-corrected chi connectivity index (χ1v) is 7.86. The molecule has 2 unspecified atom stereocenters. The number of nitrogens with zero attached hydrogens (tertiary/aromatic N) is 1. The topological polar surface area (TPSA) is 61.8 Å². The molecular formula is C17H26N2O3. The molecule has 0 spiro atoms. The number of ether oxygens (including phenoxy) is 1. The molecule has 0 bridgehead atoms. The van der Waals surface area contributed by atoms with E-state index in [0.29, 0.717) is 12.3 Å². The first-order valence-electron chi connectivity index (χ1n) is 7.86. The molecule has 22 heavy (non-hydrogen) atoms. The van der Waals surface area contributed by atoms with Crippen LogP contribution < -0.4 is 10.1 Å². The molecule has 2 rings (SSSR count). The molecule has 1 saturated carbocycles. The fraction of sp³-hybridized carbons (Fsp3) is 0.588. The average molecular weight is 306 g/mol. The normalized spacial score (nSPS) is 21.3. The molecule has 2 atom stereocenters. The molecule has 1 aromatic rings. The van der Waals surface area contributed by atoms with Gasteiger partial charge in [-0.1, -0.05) is 18.9 Å². The molecule has 1 fully saturated rings. The van der Waals surface area contributed by atoms with Crippen molar-refractivity contribution in [1.29, 1.82) is 0 Å². The van der Waals surface area contributed by atoms with Crippen molar-refractivity contribution in [3.8, 4) is 5.75 Å². The summed E-state index contributed by atoms with van der Waals surface area (Å²) in [4.78, 5) is 14.0. The van der Waals surface area contributed by atoms with E-state index in [4.69, 9.17) is 4.74 Å². The highest BCUT2D eigenvalue weighted by atomic mass is 16.5. The van der Waals surface area contributed by atoms with E-state index in [9.17, 15) is 9.90 Å². The molecule has 122 valence electrons. The Balaban J connectivity index is 1.96. The van der Waals surface area contributed by atoms with Crippen LogP contribution in [0.4, 0.5) is 10.5 Å². The molecular weight excluding hydrogens is 280 g/mol. The number of methoxy groups -OCH3 is 1. The SMILES string of the molecule is COc1ccc(C)c(NC(=O)N(C)CC2CCCCC2O)c1. The number of aryl methyl sites for hydroxylation is 1. The number of urea groups is 1. The van der Waals surface area contributed by atoms with Crippen LogP contribution in [0.2, 0.25) is 0 Å². The van der Waals surface area contributed by atoms with E-state index in [1.165, 1.54) is 0 Å². The molecule has 2 amide bonds. The lowest BCUT2D eigenvalue weighted by atomic mass is 9.86. The Morgan fingerprint density at radius 2 is 2.14 bits per heavy atom. The number of anilines is 1. The highest BCUT2D eigenvalue weighted by Gasteiger charge is 2.25. The predicted octanol–water partition coefficient (Wildman–Crippen LogP) is 3.02. The quantitative estimate of drug-likeness (QED) is 0.899. The molecule has 0 aliphatic heterocycles. The molecule has 1 aliphatic rings. The van der Waals surface area contributed by atoms with Gasteiger partial charge < -0.3 is 20.1 Å². The lowest BCUT2D eigenvalue weighted by Crippen LogP contribution is -2.40. The highest BCUT2D eigenvalue weighted by Crippen LogP contribution is 2.26. The molecule has 2 N–H and O–H groups in total. The maximum Gasteiger partial charge on any atom is 0.321 e. The maximum atomic E-state index is 12.3. The third kappa shape index (κ3) is 4.13. The number of aliphatic hydroxyl groups is 1. The third-order valence-electron chi connectivity index (χ3n) is 4.41. The molecule has 5 nitrogen and oxygen atoms in total. The third-order valence-corrected chi connectivity index (χ3v) is 4.41. The van der Waals surface area contributed by atoms with E-state index in [-0.39, 0.29) is 18.1 Å². The van der Waals surface area contributed by atoms with Crippen molar-refractivity contribution in [2.24, 2.45) is 5.92 Å². The number of carbonyl (C=O) groups excluding carboxylic acids is 1. The fourth-order valence-electron chi connectivity index (χ4n) is 2.91. The van der Waals surface area contributed by atoms with Crippen LogP contribution in [-0.2, 0) is 0 Å². The standard InChI is InChI=1S/C17H26N2O3/c1-12-8-9-14(22-3)10-15(12)18-17(21)19(2)11-13-6-4-5-7-16(13)20/h8-10,13,16,20H,4-7,11H2,1-3H3,(H,18,21). The Hall–Kier alpha value is -1.75. The molecule has 1 aliphatic carbocycles. The van der Waals surface area contributed by atoms with Gasteiger partial charge >= 0.3 is 6.03 Å². The summed E-state index contributed by atoms with van der Waals surface area (Å²) in [5.74, 6) is 0.891. The van der Waals surface area contributed by atoms with E-state index < -0.39 is 0 Å². The van der Waals surface area contributed by atoms with Crippen LogP contribution >= 0.6 is 0 Å². The summed E-state index contributed by atoms with van der Waals surface area (Å²) in [5, 5.41) is 12.9. The molecule has 0 radical (unpaired) electrons. The van der Waals surface area contributed by atoms with Crippen LogP contribution in [0.15, 0.2) is 18.2 Å². The summed E-state index contributed by atoms with van der Waals surface area (Å²) in [7, 11) is 3.37. The smallest absolute Gasteiger partial charge is 0.321 e. The number of amides is 2. The minimum absolute atomic E-state index is 0.158. The average Bonchev–Trinajstić information content (AvgIpc) is 2.51. The summed E-state index contributed by atoms with van der Waals surface area (Å²) < 4.78 is 5.19. The fourth-order valence-corrected chi connectivity index (χ4v) is 2.91. The Kier molecular flexibility index (Phi) is 5.66. The van der Waals surface area contributed by atoms with Crippen molar-refractivity contribution in [3.63, 3.8) is 0 Å². The Bertz CT molecular complexity index is 519. The maximum absolute atomic E-state index is 12.3. The Morgan fingerprint density at radius 3 is 2.82 bits per heavy atom. The zero-order chi connectivity index (χ0) is 16.1. The van der Waals surface area contributed by atoms with Gasteiger partial charge in [-0.05, 0) is 31.4 Å². The van der Waals surface area contributed by atoms with Crippen molar-refractivity contribution in [1.82, 2.24) is 4.90 Å². The molecule has 1 aromatic carbocycles. The van der Waals surface area contributed by atoms with Gasteiger partial charge in [0, 0.05) is 31.3 Å². The Morgan fingerprint density at radius 1 is 1.41 bits per heavy atom. The Labute approximate surface area is 132 Å². The van der Waals surface area contributed by atoms with Gasteiger partial charge in [-0.25, -0.2) is 4.79 Å². The van der Waals surface area contributed by atoms with Crippen molar-refractivity contribution >= 4 is 11.7 Å². The summed E-state index contributed by atoms with van der Waals surface area (Å²) in [6.07, 6.45) is 3.75. The van der Waals surface area contributed by atoms with Crippen LogP contribution in [0.5, 0.6) is 5.75 Å². The van der Waals surface area contributed by atoms with Crippen molar-refractivity contribution in [2.45, 2.75) is 38.7 Å². The lowest BCUT2D eigenvalue weighted by Gasteiger charge is -2.31. The number of benzene rings is 1. The van der Waals surface area contributed by atoms with E-state index in [1.807, 2.05) is 25.1 Å². The molecule has 0 saturated heterocycles. The minimum atomic E-state index is -0.289. The van der Waals surface area contributed by atoms with Crippen LogP contribution in [0, 0.1) is 12.8 Å². The first-order chi connectivity index (χ1) is 10.5. The predicted molar refractivity (Wildman–Crippen MR) is 87.3 cm³/mol. The van der Waals surface area contributed by atoms with Crippen molar-refractivity contribution in [2.75, 3.05) is 26.0 Å². The van der Waals surface area contributed by atoms with Crippen LogP contribution in [0.1, 0.15) is 31.2 Å². The van der Waals surface area contributed by atoms with Gasteiger partial charge in [0.25, 0.3) is 0 Å². The van der Waals surface area contributed by atoms with Gasteiger partial charge in [0.05, 0.1) is 13.2 Å². The lowest BCUT2D eigenvalue weighted by molar-refractivity contribution is 0.0575. The zero-order valence-electron chi connectivity index (χ0n) is 13.6. The summed E-state index contributed by atoms with van der Waals surface area (Å²) >= 11 is 0. The van der Waals surface area contributed by atoms with Gasteiger partial charge in [0.2, 0.25) is 0 Å². The van der Waals surface area contributed by atoms with Crippen molar-refractivity contribution in [3.05, 3.63) is 23.8 Å². The summed E-state index contributed by atoms with van der Waals surface area (Å²) in [6, 6.07) is 5.44. The zero-order valence-corrected chi connectivity index (χ0v) is 13.6. The summed E-state index contributed by atoms with van der Waals surface area (Å²) in [6.45, 7) is 2.52. The number of aliphatic hydroxyl groups excluding tert-OH is 1. The number of rotatable bonds is 4. The van der Waals surface area contributed by atoms with E-state index in [1.54, 1.807) is 19.1 Å². The molecule has 0 heterocycles. The number of hydrogen-bond donors (Lipinski definition) is 2. The second-order valence-corrected chi connectivity index (χ2v) is 6.10. The second-order valence-electron chi connectivity index (χ2n) is 6.10. The highest BCUT2D eigenvalue weighted by molar-refractivity contribution is 5.90. The van der Waals surface area contributed by atoms with E-state index in [0.717, 1.165) is 36.9 Å². The monoisotopic (exact) mass is 306 g/mol. The largest absolute Gasteiger partial charge is 0.497 e. The van der Waals surface area contributed by atoms with Gasteiger partial charge in [-0.2, -0.15) is 0 Å². The van der Waals surface area contributed by atoms with Gasteiger partial charge in [0.15, 0.2) is 0 Å². The second kappa shape index (κ2) is 7.49. The number of carbonyl (C=O) groups is 1. The molecule has 5 heteroatoms. The van der Waals surface area contributed by atoms with Crippen LogP contribution in [0.25, 0.3) is 0 Å². The number of hydrogen-bond acceptors (Lipinski definition) is 3. The van der Waals surface area contributed by atoms with Gasteiger partial charge in [-0.15, -0.1) is 0 Å². The van der Waals surface area contributed by atoms with Crippen LogP contribution in [0.3, 0.4) is 0 Å². The van der Waals surface area contributed by atoms with Gasteiger partial charge in [-0.3, -0.25) is 0 Å². The summed E-state index contributed by atoms with van der Waals surface area (Å²) in [5.41, 5.74) is 1.74.